The summed E-state index contributed by atoms with van der Waals surface area (Å²) in [6.07, 6.45) is -2.36. The summed E-state index contributed by atoms with van der Waals surface area (Å²) in [7, 11) is 0. The Kier molecular flexibility index (Phi) is 5.66. The van der Waals surface area contributed by atoms with E-state index in [1.54, 1.807) is 20.8 Å². The Bertz CT molecular complexity index is 570. The van der Waals surface area contributed by atoms with E-state index in [4.69, 9.17) is 9.47 Å². The summed E-state index contributed by atoms with van der Waals surface area (Å²) in [5.41, 5.74) is 0.224. The van der Waals surface area contributed by atoms with Gasteiger partial charge in [0, 0.05) is 6.42 Å². The van der Waals surface area contributed by atoms with Crippen LogP contribution in [0.1, 0.15) is 32.8 Å². The van der Waals surface area contributed by atoms with E-state index in [1.165, 1.54) is 4.90 Å². The molecule has 0 saturated carbocycles. The fraction of sp³-hybridized carbons (Fsp3) is 0.529. The van der Waals surface area contributed by atoms with E-state index in [9.17, 15) is 14.7 Å². The van der Waals surface area contributed by atoms with Crippen molar-refractivity contribution in [3.63, 3.8) is 0 Å². The molecule has 2 amide bonds. The van der Waals surface area contributed by atoms with Crippen LogP contribution in [0.15, 0.2) is 30.3 Å². The second kappa shape index (κ2) is 7.53. The van der Waals surface area contributed by atoms with Gasteiger partial charge in [-0.05, 0) is 26.3 Å². The molecule has 132 valence electrons. The smallest absolute Gasteiger partial charge is 0.411 e. The highest BCUT2D eigenvalue weighted by Gasteiger charge is 2.37. The summed E-state index contributed by atoms with van der Waals surface area (Å²) in [5.74, 6) is 0. The van der Waals surface area contributed by atoms with Gasteiger partial charge in [0.1, 0.15) is 18.4 Å². The van der Waals surface area contributed by atoms with Gasteiger partial charge < -0.3 is 19.9 Å². The van der Waals surface area contributed by atoms with E-state index in [2.05, 4.69) is 5.32 Å². The fourth-order valence-electron chi connectivity index (χ4n) is 2.40. The molecule has 2 atom stereocenters. The van der Waals surface area contributed by atoms with E-state index in [1.807, 2.05) is 30.3 Å². The molecule has 2 N–H and O–H groups in total. The predicted molar refractivity (Wildman–Crippen MR) is 87.1 cm³/mol. The molecule has 0 aliphatic carbocycles. The molecule has 2 rings (SSSR count). The van der Waals surface area contributed by atoms with Crippen LogP contribution < -0.4 is 5.32 Å². The number of aliphatic hydroxyl groups excluding tert-OH is 1. The molecule has 7 nitrogen and oxygen atoms in total. The third kappa shape index (κ3) is 5.42. The molecule has 1 aromatic rings. The summed E-state index contributed by atoms with van der Waals surface area (Å²) in [6, 6.07) is 9.29. The molecule has 24 heavy (non-hydrogen) atoms. The molecule has 1 heterocycles. The van der Waals surface area contributed by atoms with E-state index < -0.39 is 30.1 Å². The number of β-amino-alcohol motifs (C(OH)–C–C–N with tert-alkyl or cyclic N) is 1. The normalized spacial score (nSPS) is 20.6. The van der Waals surface area contributed by atoms with E-state index in [0.29, 0.717) is 0 Å². The minimum Gasteiger partial charge on any atom is -0.444 e. The van der Waals surface area contributed by atoms with E-state index in [0.717, 1.165) is 5.56 Å². The van der Waals surface area contributed by atoms with Crippen LogP contribution >= 0.6 is 0 Å². The molecule has 1 aromatic carbocycles. The van der Waals surface area contributed by atoms with Crippen molar-refractivity contribution < 1.29 is 24.2 Å². The lowest BCUT2D eigenvalue weighted by atomic mass is 10.2. The van der Waals surface area contributed by atoms with Crippen molar-refractivity contribution in [3.05, 3.63) is 35.9 Å². The fourth-order valence-corrected chi connectivity index (χ4v) is 2.40. The molecular weight excluding hydrogens is 312 g/mol. The Morgan fingerprint density at radius 3 is 2.58 bits per heavy atom. The van der Waals surface area contributed by atoms with Crippen molar-refractivity contribution in [3.8, 4) is 0 Å². The molecule has 1 saturated heterocycles. The first-order chi connectivity index (χ1) is 11.2. The van der Waals surface area contributed by atoms with Crippen molar-refractivity contribution in [1.29, 1.82) is 0 Å². The van der Waals surface area contributed by atoms with Gasteiger partial charge in [0.15, 0.2) is 0 Å². The van der Waals surface area contributed by atoms with Gasteiger partial charge in [0.2, 0.25) is 0 Å². The lowest BCUT2D eigenvalue weighted by Crippen LogP contribution is -2.48. The number of rotatable bonds is 3. The van der Waals surface area contributed by atoms with Gasteiger partial charge in [0.25, 0.3) is 0 Å². The number of nitrogens with one attached hydrogen (secondary N) is 1. The maximum atomic E-state index is 12.2. The Balaban J connectivity index is 1.91. The third-order valence-corrected chi connectivity index (χ3v) is 3.40. The molecule has 7 heteroatoms. The molecule has 0 aromatic heterocycles. The standard InChI is InChI=1S/C17H24N2O5/c1-17(2,3)24-15(21)18-14-9-13(20)10-19(14)16(22)23-11-12-7-5-4-6-8-12/h4-8,13-14,20H,9-11H2,1-3H3,(H,18,21). The monoisotopic (exact) mass is 336 g/mol. The number of alkyl carbamates (subject to hydrolysis) is 1. The van der Waals surface area contributed by atoms with Crippen molar-refractivity contribution in [2.45, 2.75) is 51.7 Å². The first kappa shape index (κ1) is 18.1. The van der Waals surface area contributed by atoms with Gasteiger partial charge in [-0.15, -0.1) is 0 Å². The summed E-state index contributed by atoms with van der Waals surface area (Å²) >= 11 is 0. The van der Waals surface area contributed by atoms with Gasteiger partial charge in [-0.1, -0.05) is 30.3 Å². The number of likely N-dealkylation sites (tertiary alicyclic amines) is 1. The van der Waals surface area contributed by atoms with Crippen LogP contribution in [0.2, 0.25) is 0 Å². The Labute approximate surface area is 141 Å². The van der Waals surface area contributed by atoms with Gasteiger partial charge >= 0.3 is 12.2 Å². The zero-order valence-electron chi connectivity index (χ0n) is 14.2. The first-order valence-corrected chi connectivity index (χ1v) is 7.89. The van der Waals surface area contributed by atoms with E-state index in [-0.39, 0.29) is 19.6 Å². The van der Waals surface area contributed by atoms with Crippen molar-refractivity contribution >= 4 is 12.2 Å². The lowest BCUT2D eigenvalue weighted by Gasteiger charge is -2.26. The number of hydrogen-bond acceptors (Lipinski definition) is 5. The zero-order valence-corrected chi connectivity index (χ0v) is 14.2. The maximum Gasteiger partial charge on any atom is 0.411 e. The van der Waals surface area contributed by atoms with Crippen LogP contribution in [0.3, 0.4) is 0 Å². The van der Waals surface area contributed by atoms with Gasteiger partial charge in [0.05, 0.1) is 12.6 Å². The maximum absolute atomic E-state index is 12.2. The minimum atomic E-state index is -0.714. The summed E-state index contributed by atoms with van der Waals surface area (Å²) < 4.78 is 10.4. The quantitative estimate of drug-likeness (QED) is 0.884. The highest BCUT2D eigenvalue weighted by molar-refractivity contribution is 5.72. The predicted octanol–water partition coefficient (Wildman–Crippen LogP) is 2.24. The number of benzene rings is 1. The van der Waals surface area contributed by atoms with Crippen LogP contribution in [0.4, 0.5) is 9.59 Å². The zero-order chi connectivity index (χ0) is 17.7. The average Bonchev–Trinajstić information content (AvgIpc) is 2.84. The number of hydrogen-bond donors (Lipinski definition) is 2. The topological polar surface area (TPSA) is 88.1 Å². The lowest BCUT2D eigenvalue weighted by molar-refractivity contribution is 0.0426. The van der Waals surface area contributed by atoms with Gasteiger partial charge in [-0.25, -0.2) is 9.59 Å². The second-order valence-electron chi connectivity index (χ2n) is 6.74. The van der Waals surface area contributed by atoms with Crippen molar-refractivity contribution in [2.75, 3.05) is 6.54 Å². The average molecular weight is 336 g/mol. The molecule has 2 unspecified atom stereocenters. The highest BCUT2D eigenvalue weighted by atomic mass is 16.6. The SMILES string of the molecule is CC(C)(C)OC(=O)NC1CC(O)CN1C(=O)OCc1ccccc1. The molecule has 1 fully saturated rings. The number of aliphatic hydroxyl groups is 1. The van der Waals surface area contributed by atoms with Gasteiger partial charge in [-0.3, -0.25) is 4.90 Å². The Hall–Kier alpha value is -2.28. The van der Waals surface area contributed by atoms with Crippen molar-refractivity contribution in [2.24, 2.45) is 0 Å². The second-order valence-corrected chi connectivity index (χ2v) is 6.74. The minimum absolute atomic E-state index is 0.105. The summed E-state index contributed by atoms with van der Waals surface area (Å²) in [5, 5.41) is 12.4. The van der Waals surface area contributed by atoms with E-state index >= 15 is 0 Å². The van der Waals surface area contributed by atoms with Crippen LogP contribution in [-0.2, 0) is 16.1 Å². The van der Waals surface area contributed by atoms with Crippen LogP contribution in [0.25, 0.3) is 0 Å². The number of carbonyl (C=O) groups is 2. The van der Waals surface area contributed by atoms with Crippen LogP contribution in [-0.4, -0.2) is 46.6 Å². The third-order valence-electron chi connectivity index (χ3n) is 3.40. The Morgan fingerprint density at radius 2 is 1.96 bits per heavy atom. The number of carbonyl (C=O) groups excluding carboxylic acids is 2. The van der Waals surface area contributed by atoms with Crippen LogP contribution in [0, 0.1) is 0 Å². The summed E-state index contributed by atoms with van der Waals surface area (Å²) in [6.45, 7) is 5.49. The van der Waals surface area contributed by atoms with Crippen LogP contribution in [0.5, 0.6) is 0 Å². The number of nitrogens with zero attached hydrogens (tertiary/aromatic N) is 1. The highest BCUT2D eigenvalue weighted by Crippen LogP contribution is 2.18. The number of ether oxygens (including phenoxy) is 2. The summed E-state index contributed by atoms with van der Waals surface area (Å²) in [4.78, 5) is 25.4. The number of amides is 2. The molecule has 0 radical (unpaired) electrons. The molecule has 1 aliphatic heterocycles. The largest absolute Gasteiger partial charge is 0.444 e. The molecule has 0 bridgehead atoms. The van der Waals surface area contributed by atoms with Gasteiger partial charge in [-0.2, -0.15) is 0 Å². The Morgan fingerprint density at radius 1 is 1.29 bits per heavy atom. The molecule has 1 aliphatic rings. The molecular formula is C17H24N2O5. The van der Waals surface area contributed by atoms with Crippen molar-refractivity contribution in [1.82, 2.24) is 10.2 Å². The first-order valence-electron chi connectivity index (χ1n) is 7.89. The molecule has 0 spiro atoms.